The highest BCUT2D eigenvalue weighted by molar-refractivity contribution is 5.73. The Labute approximate surface area is 79.4 Å². The summed E-state index contributed by atoms with van der Waals surface area (Å²) in [4.78, 5) is 4.45. The fourth-order valence-corrected chi connectivity index (χ4v) is 2.69. The van der Waals surface area contributed by atoms with Gasteiger partial charge in [0.2, 0.25) is 0 Å². The minimum absolute atomic E-state index is 0.0197. The van der Waals surface area contributed by atoms with Crippen molar-refractivity contribution in [1.82, 2.24) is 0 Å². The summed E-state index contributed by atoms with van der Waals surface area (Å²) in [5.41, 5.74) is 5.97. The molecular formula is C10H18N2O. The van der Waals surface area contributed by atoms with Gasteiger partial charge in [0.05, 0.1) is 0 Å². The fourth-order valence-electron chi connectivity index (χ4n) is 2.69. The van der Waals surface area contributed by atoms with Crippen LogP contribution in [0.4, 0.5) is 0 Å². The van der Waals surface area contributed by atoms with Crippen LogP contribution in [0.2, 0.25) is 0 Å². The second kappa shape index (κ2) is 2.63. The van der Waals surface area contributed by atoms with E-state index in [1.807, 2.05) is 0 Å². The van der Waals surface area contributed by atoms with Crippen molar-refractivity contribution in [3.8, 4) is 0 Å². The lowest BCUT2D eigenvalue weighted by molar-refractivity contribution is 0.122. The highest BCUT2D eigenvalue weighted by Crippen LogP contribution is 2.44. The van der Waals surface area contributed by atoms with Gasteiger partial charge in [-0.25, -0.2) is 4.99 Å². The Morgan fingerprint density at radius 2 is 2.15 bits per heavy atom. The van der Waals surface area contributed by atoms with Gasteiger partial charge in [-0.2, -0.15) is 0 Å². The van der Waals surface area contributed by atoms with Crippen molar-refractivity contribution in [3.05, 3.63) is 0 Å². The Balaban J connectivity index is 2.16. The summed E-state index contributed by atoms with van der Waals surface area (Å²) in [6, 6.07) is 0.387. The molecule has 0 radical (unpaired) electrons. The SMILES string of the molecule is CC1(C)CCCC2(COC(N)=N2)C1. The van der Waals surface area contributed by atoms with Crippen molar-refractivity contribution >= 4 is 6.02 Å². The number of aliphatic imine (C=N–C) groups is 1. The van der Waals surface area contributed by atoms with Crippen LogP contribution in [-0.4, -0.2) is 18.2 Å². The van der Waals surface area contributed by atoms with E-state index in [0.717, 1.165) is 12.8 Å². The number of hydrogen-bond donors (Lipinski definition) is 1. The minimum atomic E-state index is 0.0197. The van der Waals surface area contributed by atoms with Gasteiger partial charge >= 0.3 is 0 Å². The van der Waals surface area contributed by atoms with Crippen LogP contribution in [0.15, 0.2) is 4.99 Å². The summed E-state index contributed by atoms with van der Waals surface area (Å²) in [6.45, 7) is 5.30. The van der Waals surface area contributed by atoms with Crippen molar-refractivity contribution < 1.29 is 4.74 Å². The average molecular weight is 182 g/mol. The first-order valence-electron chi connectivity index (χ1n) is 5.00. The first kappa shape index (κ1) is 8.85. The van der Waals surface area contributed by atoms with E-state index in [0.29, 0.717) is 18.0 Å². The molecule has 1 fully saturated rings. The zero-order valence-electron chi connectivity index (χ0n) is 8.47. The molecule has 2 aliphatic rings. The van der Waals surface area contributed by atoms with Crippen molar-refractivity contribution in [1.29, 1.82) is 0 Å². The number of nitrogens with two attached hydrogens (primary N) is 1. The van der Waals surface area contributed by atoms with E-state index >= 15 is 0 Å². The molecule has 0 bridgehead atoms. The van der Waals surface area contributed by atoms with E-state index in [1.165, 1.54) is 12.8 Å². The van der Waals surface area contributed by atoms with Gasteiger partial charge in [-0.05, 0) is 24.7 Å². The van der Waals surface area contributed by atoms with Gasteiger partial charge in [0.15, 0.2) is 0 Å². The molecule has 0 saturated heterocycles. The highest BCUT2D eigenvalue weighted by Gasteiger charge is 2.43. The molecule has 2 rings (SSSR count). The molecule has 1 aliphatic heterocycles. The summed E-state index contributed by atoms with van der Waals surface area (Å²) in [5.74, 6) is 0. The van der Waals surface area contributed by atoms with Crippen molar-refractivity contribution in [3.63, 3.8) is 0 Å². The highest BCUT2D eigenvalue weighted by atomic mass is 16.5. The van der Waals surface area contributed by atoms with Gasteiger partial charge in [0.1, 0.15) is 12.1 Å². The van der Waals surface area contributed by atoms with Crippen molar-refractivity contribution in [2.75, 3.05) is 6.61 Å². The predicted octanol–water partition coefficient (Wildman–Crippen LogP) is 1.67. The Hall–Kier alpha value is -0.730. The van der Waals surface area contributed by atoms with E-state index in [9.17, 15) is 0 Å². The molecule has 74 valence electrons. The predicted molar refractivity (Wildman–Crippen MR) is 52.6 cm³/mol. The summed E-state index contributed by atoms with van der Waals surface area (Å²) >= 11 is 0. The van der Waals surface area contributed by atoms with Crippen LogP contribution in [0.25, 0.3) is 0 Å². The summed E-state index contributed by atoms with van der Waals surface area (Å²) in [5, 5.41) is 0. The van der Waals surface area contributed by atoms with Crippen LogP contribution in [0.3, 0.4) is 0 Å². The lowest BCUT2D eigenvalue weighted by Crippen LogP contribution is -2.38. The molecule has 1 aliphatic carbocycles. The van der Waals surface area contributed by atoms with E-state index in [1.54, 1.807) is 0 Å². The van der Waals surface area contributed by atoms with Crippen LogP contribution in [0.1, 0.15) is 39.5 Å². The van der Waals surface area contributed by atoms with Crippen molar-refractivity contribution in [2.45, 2.75) is 45.1 Å². The largest absolute Gasteiger partial charge is 0.463 e. The van der Waals surface area contributed by atoms with Gasteiger partial charge in [-0.3, -0.25) is 0 Å². The second-order valence-corrected chi connectivity index (χ2v) is 5.16. The summed E-state index contributed by atoms with van der Waals surface area (Å²) in [7, 11) is 0. The molecule has 0 amide bonds. The van der Waals surface area contributed by atoms with Crippen molar-refractivity contribution in [2.24, 2.45) is 16.1 Å². The molecule has 3 heteroatoms. The fraction of sp³-hybridized carbons (Fsp3) is 0.900. The van der Waals surface area contributed by atoms with Gasteiger partial charge in [-0.1, -0.05) is 20.3 Å². The molecular weight excluding hydrogens is 164 g/mol. The van der Waals surface area contributed by atoms with Gasteiger partial charge < -0.3 is 10.5 Å². The monoisotopic (exact) mass is 182 g/mol. The van der Waals surface area contributed by atoms with Crippen LogP contribution in [0.5, 0.6) is 0 Å². The van der Waals surface area contributed by atoms with Gasteiger partial charge in [-0.15, -0.1) is 0 Å². The van der Waals surface area contributed by atoms with E-state index < -0.39 is 0 Å². The van der Waals surface area contributed by atoms with E-state index in [-0.39, 0.29) is 5.54 Å². The zero-order chi connectivity index (χ0) is 9.53. The molecule has 1 saturated carbocycles. The first-order chi connectivity index (χ1) is 6.02. The maximum atomic E-state index is 5.56. The van der Waals surface area contributed by atoms with Crippen LogP contribution < -0.4 is 5.73 Å². The number of ether oxygens (including phenoxy) is 1. The third-order valence-electron chi connectivity index (χ3n) is 3.14. The molecule has 1 heterocycles. The maximum absolute atomic E-state index is 5.56. The van der Waals surface area contributed by atoms with Crippen LogP contribution in [0, 0.1) is 5.41 Å². The second-order valence-electron chi connectivity index (χ2n) is 5.16. The molecule has 1 spiro atoms. The molecule has 0 aromatic carbocycles. The Morgan fingerprint density at radius 1 is 1.38 bits per heavy atom. The minimum Gasteiger partial charge on any atom is -0.463 e. The topological polar surface area (TPSA) is 47.6 Å². The molecule has 0 aromatic rings. The average Bonchev–Trinajstić information content (AvgIpc) is 2.29. The molecule has 1 atom stereocenters. The number of nitrogens with zero attached hydrogens (tertiary/aromatic N) is 1. The normalized spacial score (nSPS) is 37.2. The van der Waals surface area contributed by atoms with Gasteiger partial charge in [0, 0.05) is 0 Å². The maximum Gasteiger partial charge on any atom is 0.282 e. The number of hydrogen-bond acceptors (Lipinski definition) is 3. The third kappa shape index (κ3) is 1.64. The summed E-state index contributed by atoms with van der Waals surface area (Å²) in [6.07, 6.45) is 4.79. The molecule has 3 nitrogen and oxygen atoms in total. The lowest BCUT2D eigenvalue weighted by atomic mass is 9.69. The Morgan fingerprint density at radius 3 is 2.69 bits per heavy atom. The summed E-state index contributed by atoms with van der Waals surface area (Å²) < 4.78 is 5.27. The molecule has 13 heavy (non-hydrogen) atoms. The molecule has 0 aromatic heterocycles. The van der Waals surface area contributed by atoms with Crippen LogP contribution >= 0.6 is 0 Å². The Bertz CT molecular complexity index is 247. The van der Waals surface area contributed by atoms with E-state index in [2.05, 4.69) is 18.8 Å². The number of amidine groups is 1. The quantitative estimate of drug-likeness (QED) is 0.619. The molecule has 1 unspecified atom stereocenters. The van der Waals surface area contributed by atoms with Crippen LogP contribution in [-0.2, 0) is 4.74 Å². The standard InChI is InChI=1S/C10H18N2O/c1-9(2)4-3-5-10(6-9)7-13-8(11)12-10/h3-7H2,1-2H3,(H2,11,12). The third-order valence-corrected chi connectivity index (χ3v) is 3.14. The zero-order valence-corrected chi connectivity index (χ0v) is 8.47. The van der Waals surface area contributed by atoms with Gasteiger partial charge in [0.25, 0.3) is 6.02 Å². The first-order valence-corrected chi connectivity index (χ1v) is 5.00. The lowest BCUT2D eigenvalue weighted by Gasteiger charge is -2.39. The van der Waals surface area contributed by atoms with E-state index in [4.69, 9.17) is 10.5 Å². The smallest absolute Gasteiger partial charge is 0.282 e. The molecule has 2 N–H and O–H groups in total. The Kier molecular flexibility index (Phi) is 1.79. The number of rotatable bonds is 0.